The maximum absolute atomic E-state index is 12.7. The minimum Gasteiger partial charge on any atom is -0.465 e. The smallest absolute Gasteiger partial charge is 0.317 e. The number of allylic oxidation sites excluding steroid dienone is 3. The van der Waals surface area contributed by atoms with Crippen molar-refractivity contribution in [3.8, 4) is 0 Å². The molecule has 0 aliphatic heterocycles. The van der Waals surface area contributed by atoms with Crippen LogP contribution in [0.5, 0.6) is 0 Å². The average molecular weight is 346 g/mol. The molecule has 0 amide bonds. The van der Waals surface area contributed by atoms with Crippen molar-refractivity contribution in [3.63, 3.8) is 0 Å². The lowest BCUT2D eigenvalue weighted by atomic mass is 9.75. The van der Waals surface area contributed by atoms with E-state index < -0.39 is 11.9 Å². The van der Waals surface area contributed by atoms with Gasteiger partial charge in [-0.1, -0.05) is 72.8 Å². The van der Waals surface area contributed by atoms with Crippen molar-refractivity contribution in [2.75, 3.05) is 6.61 Å². The molecule has 3 heteroatoms. The first-order valence-electron chi connectivity index (χ1n) is 8.88. The Kier molecular flexibility index (Phi) is 5.80. The molecule has 0 radical (unpaired) electrons. The zero-order valence-electron chi connectivity index (χ0n) is 14.8. The molecule has 0 heterocycles. The number of carbonyl (C=O) groups excluding carboxylic acids is 2. The summed E-state index contributed by atoms with van der Waals surface area (Å²) in [7, 11) is 0. The van der Waals surface area contributed by atoms with Crippen molar-refractivity contribution in [1.29, 1.82) is 0 Å². The summed E-state index contributed by atoms with van der Waals surface area (Å²) in [5.41, 5.74) is 2.98. The average Bonchev–Trinajstić information content (AvgIpc) is 2.67. The third-order valence-corrected chi connectivity index (χ3v) is 4.55. The van der Waals surface area contributed by atoms with Crippen LogP contribution in [0, 0.1) is 5.92 Å². The number of carbonyl (C=O) groups is 2. The van der Waals surface area contributed by atoms with E-state index in [9.17, 15) is 9.59 Å². The fraction of sp³-hybridized carbons (Fsp3) is 0.217. The lowest BCUT2D eigenvalue weighted by Crippen LogP contribution is -2.34. The second-order valence-electron chi connectivity index (χ2n) is 6.32. The molecule has 2 aromatic carbocycles. The largest absolute Gasteiger partial charge is 0.465 e. The highest BCUT2D eigenvalue weighted by atomic mass is 16.5. The monoisotopic (exact) mass is 346 g/mol. The van der Waals surface area contributed by atoms with E-state index in [4.69, 9.17) is 4.74 Å². The van der Waals surface area contributed by atoms with Crippen LogP contribution in [0.4, 0.5) is 0 Å². The number of ether oxygens (including phenoxy) is 1. The molecular weight excluding hydrogens is 324 g/mol. The van der Waals surface area contributed by atoms with Gasteiger partial charge in [-0.3, -0.25) is 9.59 Å². The molecule has 2 atom stereocenters. The lowest BCUT2D eigenvalue weighted by Gasteiger charge is -2.28. The van der Waals surface area contributed by atoms with Crippen LogP contribution in [-0.4, -0.2) is 18.4 Å². The van der Waals surface area contributed by atoms with E-state index in [0.29, 0.717) is 6.42 Å². The highest BCUT2D eigenvalue weighted by molar-refractivity contribution is 6.07. The Labute approximate surface area is 154 Å². The molecule has 0 saturated heterocycles. The SMILES string of the molecule is CCOC(=O)C1C(=O)C=C(C=Cc2ccccc2)CC1c1ccccc1. The number of ketones is 1. The zero-order valence-corrected chi connectivity index (χ0v) is 14.8. The van der Waals surface area contributed by atoms with Crippen LogP contribution >= 0.6 is 0 Å². The molecule has 0 N–H and O–H groups in total. The van der Waals surface area contributed by atoms with E-state index in [2.05, 4.69) is 0 Å². The standard InChI is InChI=1S/C23H22O3/c1-2-26-23(25)22-20(19-11-7-4-8-12-19)15-18(16-21(22)24)14-13-17-9-5-3-6-10-17/h3-14,16,20,22H,2,15H2,1H3. The van der Waals surface area contributed by atoms with Crippen molar-refractivity contribution < 1.29 is 14.3 Å². The van der Waals surface area contributed by atoms with Gasteiger partial charge in [-0.2, -0.15) is 0 Å². The van der Waals surface area contributed by atoms with Crippen molar-refractivity contribution in [1.82, 2.24) is 0 Å². The molecule has 0 bridgehead atoms. The van der Waals surface area contributed by atoms with E-state index in [1.807, 2.05) is 72.8 Å². The fourth-order valence-corrected chi connectivity index (χ4v) is 3.31. The molecule has 0 saturated carbocycles. The maximum atomic E-state index is 12.7. The minimum atomic E-state index is -0.772. The summed E-state index contributed by atoms with van der Waals surface area (Å²) in [6.45, 7) is 2.03. The highest BCUT2D eigenvalue weighted by Crippen LogP contribution is 2.37. The van der Waals surface area contributed by atoms with Gasteiger partial charge >= 0.3 is 5.97 Å². The summed E-state index contributed by atoms with van der Waals surface area (Å²) >= 11 is 0. The Balaban J connectivity index is 1.90. The Hall–Kier alpha value is -2.94. The summed E-state index contributed by atoms with van der Waals surface area (Å²) in [4.78, 5) is 25.1. The predicted molar refractivity (Wildman–Crippen MR) is 102 cm³/mol. The van der Waals surface area contributed by atoms with Gasteiger partial charge in [-0.05, 0) is 36.1 Å². The lowest BCUT2D eigenvalue weighted by molar-refractivity contribution is -0.151. The molecule has 3 rings (SSSR count). The van der Waals surface area contributed by atoms with Crippen molar-refractivity contribution >= 4 is 17.8 Å². The molecule has 3 nitrogen and oxygen atoms in total. The van der Waals surface area contributed by atoms with Crippen LogP contribution in [0.15, 0.2) is 78.4 Å². The summed E-state index contributed by atoms with van der Waals surface area (Å²) in [6.07, 6.45) is 6.17. The first-order valence-corrected chi connectivity index (χ1v) is 8.88. The minimum absolute atomic E-state index is 0.184. The summed E-state index contributed by atoms with van der Waals surface area (Å²) in [5.74, 6) is -1.60. The highest BCUT2D eigenvalue weighted by Gasteiger charge is 2.38. The molecule has 2 unspecified atom stereocenters. The van der Waals surface area contributed by atoms with Crippen LogP contribution in [0.3, 0.4) is 0 Å². The van der Waals surface area contributed by atoms with Gasteiger partial charge < -0.3 is 4.74 Å². The van der Waals surface area contributed by atoms with Crippen LogP contribution < -0.4 is 0 Å². The Bertz CT molecular complexity index is 819. The topological polar surface area (TPSA) is 43.4 Å². The Morgan fingerprint density at radius 1 is 1.04 bits per heavy atom. The third kappa shape index (κ3) is 4.17. The molecular formula is C23H22O3. The first kappa shape index (κ1) is 17.9. The maximum Gasteiger partial charge on any atom is 0.317 e. The van der Waals surface area contributed by atoms with Gasteiger partial charge in [0.25, 0.3) is 0 Å². The number of hydrogen-bond donors (Lipinski definition) is 0. The van der Waals surface area contributed by atoms with Crippen molar-refractivity contribution in [2.24, 2.45) is 5.92 Å². The van der Waals surface area contributed by atoms with E-state index >= 15 is 0 Å². The Morgan fingerprint density at radius 3 is 2.35 bits per heavy atom. The Morgan fingerprint density at radius 2 is 1.69 bits per heavy atom. The first-order chi connectivity index (χ1) is 12.7. The summed E-state index contributed by atoms with van der Waals surface area (Å²) in [5, 5.41) is 0. The normalized spacial score (nSPS) is 20.0. The number of hydrogen-bond acceptors (Lipinski definition) is 3. The predicted octanol–water partition coefficient (Wildman–Crippen LogP) is 4.56. The quantitative estimate of drug-likeness (QED) is 0.589. The number of benzene rings is 2. The fourth-order valence-electron chi connectivity index (χ4n) is 3.31. The van der Waals surface area contributed by atoms with Gasteiger partial charge in [-0.15, -0.1) is 0 Å². The molecule has 26 heavy (non-hydrogen) atoms. The number of esters is 1. The molecule has 0 fully saturated rings. The van der Waals surface area contributed by atoms with Crippen LogP contribution in [0.1, 0.15) is 30.4 Å². The molecule has 0 aromatic heterocycles. The van der Waals surface area contributed by atoms with Gasteiger partial charge in [-0.25, -0.2) is 0 Å². The second-order valence-corrected chi connectivity index (χ2v) is 6.32. The zero-order chi connectivity index (χ0) is 18.4. The van der Waals surface area contributed by atoms with E-state index in [0.717, 1.165) is 16.7 Å². The van der Waals surface area contributed by atoms with Gasteiger partial charge in [0, 0.05) is 5.92 Å². The summed E-state index contributed by atoms with van der Waals surface area (Å²) in [6, 6.07) is 19.7. The van der Waals surface area contributed by atoms with Gasteiger partial charge in [0.2, 0.25) is 0 Å². The summed E-state index contributed by atoms with van der Waals surface area (Å²) < 4.78 is 5.16. The molecule has 0 spiro atoms. The van der Waals surface area contributed by atoms with Gasteiger partial charge in [0.05, 0.1) is 6.61 Å². The molecule has 2 aromatic rings. The third-order valence-electron chi connectivity index (χ3n) is 4.55. The second kappa shape index (κ2) is 8.43. The van der Waals surface area contributed by atoms with E-state index in [1.165, 1.54) is 0 Å². The van der Waals surface area contributed by atoms with E-state index in [-0.39, 0.29) is 18.3 Å². The van der Waals surface area contributed by atoms with Crippen molar-refractivity contribution in [2.45, 2.75) is 19.3 Å². The van der Waals surface area contributed by atoms with Crippen LogP contribution in [0.25, 0.3) is 6.08 Å². The van der Waals surface area contributed by atoms with Crippen LogP contribution in [0.2, 0.25) is 0 Å². The van der Waals surface area contributed by atoms with Crippen molar-refractivity contribution in [3.05, 3.63) is 89.5 Å². The molecule has 1 aliphatic carbocycles. The van der Waals surface area contributed by atoms with Crippen LogP contribution in [-0.2, 0) is 14.3 Å². The van der Waals surface area contributed by atoms with Gasteiger partial charge in [0.15, 0.2) is 5.78 Å². The molecule has 1 aliphatic rings. The molecule has 132 valence electrons. The van der Waals surface area contributed by atoms with Gasteiger partial charge in [0.1, 0.15) is 5.92 Å². The van der Waals surface area contributed by atoms with E-state index in [1.54, 1.807) is 13.0 Å². The number of rotatable bonds is 5.